The van der Waals surface area contributed by atoms with Crippen LogP contribution in [0.15, 0.2) is 24.4 Å². The summed E-state index contributed by atoms with van der Waals surface area (Å²) in [5, 5.41) is 3.56. The van der Waals surface area contributed by atoms with Gasteiger partial charge < -0.3 is 11.1 Å². The molecular weight excluding hydrogens is 186 g/mol. The lowest BCUT2D eigenvalue weighted by molar-refractivity contribution is 0.404. The third kappa shape index (κ3) is 2.76. The van der Waals surface area contributed by atoms with Crippen molar-refractivity contribution in [1.82, 2.24) is 10.3 Å². The molecule has 0 aliphatic heterocycles. The van der Waals surface area contributed by atoms with Gasteiger partial charge in [0.25, 0.3) is 0 Å². The molecule has 1 aromatic rings. The molecule has 0 spiro atoms. The highest BCUT2D eigenvalue weighted by molar-refractivity contribution is 5.03. The third-order valence-electron chi connectivity index (χ3n) is 3.23. The number of pyridine rings is 1. The van der Waals surface area contributed by atoms with Gasteiger partial charge in [0.2, 0.25) is 0 Å². The predicted molar refractivity (Wildman–Crippen MR) is 61.3 cm³/mol. The fourth-order valence-corrected chi connectivity index (χ4v) is 2.33. The van der Waals surface area contributed by atoms with Crippen LogP contribution in [0.1, 0.15) is 25.0 Å². The summed E-state index contributed by atoms with van der Waals surface area (Å²) in [6.07, 6.45) is 5.68. The Morgan fingerprint density at radius 3 is 3.07 bits per heavy atom. The van der Waals surface area contributed by atoms with Gasteiger partial charge in [-0.25, -0.2) is 0 Å². The molecule has 15 heavy (non-hydrogen) atoms. The molecule has 1 heterocycles. The molecule has 1 aliphatic carbocycles. The maximum absolute atomic E-state index is 5.74. The summed E-state index contributed by atoms with van der Waals surface area (Å²) in [7, 11) is 0. The average molecular weight is 205 g/mol. The lowest BCUT2D eigenvalue weighted by Crippen LogP contribution is -2.35. The Morgan fingerprint density at radius 2 is 2.33 bits per heavy atom. The number of nitrogens with two attached hydrogens (primary N) is 1. The Hall–Kier alpha value is -0.930. The maximum Gasteiger partial charge on any atom is 0.0541 e. The topological polar surface area (TPSA) is 50.9 Å². The van der Waals surface area contributed by atoms with Crippen LogP contribution < -0.4 is 11.1 Å². The number of hydrogen-bond acceptors (Lipinski definition) is 3. The van der Waals surface area contributed by atoms with E-state index >= 15 is 0 Å². The van der Waals surface area contributed by atoms with E-state index in [0.29, 0.717) is 12.0 Å². The van der Waals surface area contributed by atoms with E-state index in [1.54, 1.807) is 0 Å². The minimum Gasteiger partial charge on any atom is -0.330 e. The minimum atomic E-state index is 0.594. The van der Waals surface area contributed by atoms with Crippen molar-refractivity contribution in [3.8, 4) is 0 Å². The number of aromatic nitrogens is 1. The normalized spacial score (nSPS) is 25.7. The van der Waals surface area contributed by atoms with Crippen molar-refractivity contribution in [3.63, 3.8) is 0 Å². The van der Waals surface area contributed by atoms with E-state index in [4.69, 9.17) is 5.73 Å². The van der Waals surface area contributed by atoms with Crippen LogP contribution in [-0.4, -0.2) is 17.6 Å². The van der Waals surface area contributed by atoms with Crippen LogP contribution in [0.2, 0.25) is 0 Å². The van der Waals surface area contributed by atoms with Crippen LogP contribution in [0, 0.1) is 5.92 Å². The molecular formula is C12H19N3. The second-order valence-electron chi connectivity index (χ2n) is 4.24. The van der Waals surface area contributed by atoms with Crippen LogP contribution in [0.4, 0.5) is 0 Å². The maximum atomic E-state index is 5.74. The molecule has 2 rings (SSSR count). The lowest BCUT2D eigenvalue weighted by Gasteiger charge is -2.19. The Morgan fingerprint density at radius 1 is 1.40 bits per heavy atom. The molecule has 1 aromatic heterocycles. The second kappa shape index (κ2) is 5.24. The molecule has 3 nitrogen and oxygen atoms in total. The number of nitrogens with one attached hydrogen (secondary N) is 1. The van der Waals surface area contributed by atoms with Crippen molar-refractivity contribution in [1.29, 1.82) is 0 Å². The molecule has 3 N–H and O–H groups in total. The van der Waals surface area contributed by atoms with Gasteiger partial charge in [0.05, 0.1) is 5.69 Å². The summed E-state index contributed by atoms with van der Waals surface area (Å²) in [6, 6.07) is 6.62. The van der Waals surface area contributed by atoms with E-state index in [9.17, 15) is 0 Å². The van der Waals surface area contributed by atoms with Crippen molar-refractivity contribution >= 4 is 0 Å². The average Bonchev–Trinajstić information content (AvgIpc) is 2.75. The van der Waals surface area contributed by atoms with E-state index < -0.39 is 0 Å². The summed E-state index contributed by atoms with van der Waals surface area (Å²) >= 11 is 0. The molecule has 1 saturated carbocycles. The second-order valence-corrected chi connectivity index (χ2v) is 4.24. The highest BCUT2D eigenvalue weighted by Crippen LogP contribution is 2.24. The first kappa shape index (κ1) is 10.6. The Bertz CT molecular complexity index is 286. The summed E-state index contributed by atoms with van der Waals surface area (Å²) in [5.74, 6) is 0.661. The van der Waals surface area contributed by atoms with Gasteiger partial charge in [-0.1, -0.05) is 12.5 Å². The molecule has 2 unspecified atom stereocenters. The lowest BCUT2D eigenvalue weighted by atomic mass is 10.0. The van der Waals surface area contributed by atoms with Gasteiger partial charge in [-0.2, -0.15) is 0 Å². The van der Waals surface area contributed by atoms with Gasteiger partial charge in [0, 0.05) is 18.8 Å². The largest absolute Gasteiger partial charge is 0.330 e. The van der Waals surface area contributed by atoms with E-state index in [2.05, 4.69) is 16.4 Å². The van der Waals surface area contributed by atoms with Crippen LogP contribution in [0.3, 0.4) is 0 Å². The molecule has 82 valence electrons. The van der Waals surface area contributed by atoms with Crippen molar-refractivity contribution in [2.24, 2.45) is 11.7 Å². The summed E-state index contributed by atoms with van der Waals surface area (Å²) in [4.78, 5) is 4.30. The fraction of sp³-hybridized carbons (Fsp3) is 0.583. The van der Waals surface area contributed by atoms with E-state index in [0.717, 1.165) is 18.8 Å². The zero-order valence-electron chi connectivity index (χ0n) is 9.02. The van der Waals surface area contributed by atoms with Crippen LogP contribution >= 0.6 is 0 Å². The molecule has 1 aliphatic rings. The minimum absolute atomic E-state index is 0.594. The van der Waals surface area contributed by atoms with Gasteiger partial charge in [0.1, 0.15) is 0 Å². The van der Waals surface area contributed by atoms with Crippen molar-refractivity contribution in [2.75, 3.05) is 6.54 Å². The van der Waals surface area contributed by atoms with Crippen LogP contribution in [0.5, 0.6) is 0 Å². The summed E-state index contributed by atoms with van der Waals surface area (Å²) in [5.41, 5.74) is 6.85. The predicted octanol–water partition coefficient (Wildman–Crippen LogP) is 1.30. The summed E-state index contributed by atoms with van der Waals surface area (Å²) in [6.45, 7) is 1.67. The fourth-order valence-electron chi connectivity index (χ4n) is 2.33. The van der Waals surface area contributed by atoms with Gasteiger partial charge in [-0.05, 0) is 37.4 Å². The zero-order valence-corrected chi connectivity index (χ0v) is 9.02. The van der Waals surface area contributed by atoms with E-state index in [1.807, 2.05) is 18.3 Å². The van der Waals surface area contributed by atoms with Crippen molar-refractivity contribution < 1.29 is 0 Å². The quantitative estimate of drug-likeness (QED) is 0.779. The monoisotopic (exact) mass is 205 g/mol. The first-order chi connectivity index (χ1) is 7.40. The number of nitrogens with zero attached hydrogens (tertiary/aromatic N) is 1. The van der Waals surface area contributed by atoms with E-state index in [1.165, 1.54) is 19.3 Å². The highest BCUT2D eigenvalue weighted by Gasteiger charge is 2.25. The Kier molecular flexibility index (Phi) is 3.69. The van der Waals surface area contributed by atoms with E-state index in [-0.39, 0.29) is 0 Å². The van der Waals surface area contributed by atoms with Crippen LogP contribution in [0.25, 0.3) is 0 Å². The molecule has 0 amide bonds. The summed E-state index contributed by atoms with van der Waals surface area (Å²) < 4.78 is 0. The SMILES string of the molecule is NCC1CCCC1NCc1ccccn1. The van der Waals surface area contributed by atoms with Crippen molar-refractivity contribution in [2.45, 2.75) is 31.8 Å². The van der Waals surface area contributed by atoms with Gasteiger partial charge in [0.15, 0.2) is 0 Å². The molecule has 0 saturated heterocycles. The zero-order chi connectivity index (χ0) is 10.5. The number of rotatable bonds is 4. The molecule has 2 atom stereocenters. The molecule has 3 heteroatoms. The third-order valence-corrected chi connectivity index (χ3v) is 3.23. The number of hydrogen-bond donors (Lipinski definition) is 2. The first-order valence-electron chi connectivity index (χ1n) is 5.73. The van der Waals surface area contributed by atoms with Crippen LogP contribution in [-0.2, 0) is 6.54 Å². The van der Waals surface area contributed by atoms with Gasteiger partial charge in [-0.3, -0.25) is 4.98 Å². The van der Waals surface area contributed by atoms with Gasteiger partial charge >= 0.3 is 0 Å². The van der Waals surface area contributed by atoms with Crippen molar-refractivity contribution in [3.05, 3.63) is 30.1 Å². The Labute approximate surface area is 91.1 Å². The van der Waals surface area contributed by atoms with Gasteiger partial charge in [-0.15, -0.1) is 0 Å². The molecule has 1 fully saturated rings. The first-order valence-corrected chi connectivity index (χ1v) is 5.73. The molecule has 0 radical (unpaired) electrons. The molecule has 0 bridgehead atoms. The Balaban J connectivity index is 1.83. The standard InChI is InChI=1S/C12H19N3/c13-8-10-4-3-6-12(10)15-9-11-5-1-2-7-14-11/h1-2,5,7,10,12,15H,3-4,6,8-9,13H2. The molecule has 0 aromatic carbocycles. The highest BCUT2D eigenvalue weighted by atomic mass is 14.9. The smallest absolute Gasteiger partial charge is 0.0541 e.